The fraction of sp³-hybridized carbons (Fsp3) is 0.278. The first-order valence-corrected chi connectivity index (χ1v) is 7.83. The van der Waals surface area contributed by atoms with Crippen LogP contribution in [0, 0.1) is 0 Å². The maximum atomic E-state index is 13.0. The fourth-order valence-corrected chi connectivity index (χ4v) is 2.88. The van der Waals surface area contributed by atoms with Gasteiger partial charge in [-0.3, -0.25) is 4.79 Å². The number of hydrogen-bond donors (Lipinski definition) is 1. The third-order valence-electron chi connectivity index (χ3n) is 4.06. The highest BCUT2D eigenvalue weighted by Gasteiger charge is 2.25. The number of hydrogen-bond acceptors (Lipinski definition) is 6. The Morgan fingerprint density at radius 2 is 1.58 bits per heavy atom. The first-order valence-electron chi connectivity index (χ1n) is 7.83. The van der Waals surface area contributed by atoms with Crippen molar-refractivity contribution in [2.75, 3.05) is 20.1 Å². The van der Waals surface area contributed by atoms with Crippen LogP contribution in [0.15, 0.2) is 36.4 Å². The zero-order chi connectivity index (χ0) is 16.5. The highest BCUT2D eigenvalue weighted by atomic mass is 16.7. The molecule has 124 valence electrons. The summed E-state index contributed by atoms with van der Waals surface area (Å²) in [5, 5.41) is 3.24. The van der Waals surface area contributed by atoms with Crippen LogP contribution in [-0.2, 0) is 0 Å². The molecule has 0 amide bonds. The van der Waals surface area contributed by atoms with Crippen LogP contribution in [0.3, 0.4) is 0 Å². The van der Waals surface area contributed by atoms with Gasteiger partial charge in [-0.15, -0.1) is 0 Å². The number of rotatable bonds is 5. The molecule has 2 aliphatic heterocycles. The number of likely N-dealkylation sites (N-methyl/N-ethyl adjacent to an activating group) is 1. The van der Waals surface area contributed by atoms with Crippen molar-refractivity contribution in [3.05, 3.63) is 47.5 Å². The van der Waals surface area contributed by atoms with Gasteiger partial charge in [-0.2, -0.15) is 0 Å². The lowest BCUT2D eigenvalue weighted by atomic mass is 9.96. The van der Waals surface area contributed by atoms with Gasteiger partial charge < -0.3 is 24.3 Å². The molecule has 0 fully saturated rings. The molecule has 0 spiro atoms. The minimum Gasteiger partial charge on any atom is -0.454 e. The minimum absolute atomic E-state index is 0.0333. The molecule has 2 aliphatic rings. The Bertz CT molecular complexity index is 789. The van der Waals surface area contributed by atoms with E-state index in [1.54, 1.807) is 18.2 Å². The van der Waals surface area contributed by atoms with Crippen LogP contribution < -0.4 is 24.3 Å². The third-order valence-corrected chi connectivity index (χ3v) is 4.06. The summed E-state index contributed by atoms with van der Waals surface area (Å²) >= 11 is 0. The molecule has 0 saturated carbocycles. The van der Waals surface area contributed by atoms with Crippen molar-refractivity contribution in [3.63, 3.8) is 0 Å². The van der Waals surface area contributed by atoms with Crippen molar-refractivity contribution < 1.29 is 23.7 Å². The average Bonchev–Trinajstić information content (AvgIpc) is 3.26. The smallest absolute Gasteiger partial charge is 0.231 e. The van der Waals surface area contributed by atoms with Crippen LogP contribution in [0.2, 0.25) is 0 Å². The van der Waals surface area contributed by atoms with Gasteiger partial charge in [0.1, 0.15) is 0 Å². The molecule has 2 heterocycles. The first kappa shape index (κ1) is 14.8. The molecule has 0 radical (unpaired) electrons. The van der Waals surface area contributed by atoms with Crippen LogP contribution >= 0.6 is 0 Å². The van der Waals surface area contributed by atoms with Gasteiger partial charge in [-0.25, -0.2) is 0 Å². The topological polar surface area (TPSA) is 66.0 Å². The Balaban J connectivity index is 1.66. The zero-order valence-electron chi connectivity index (χ0n) is 13.2. The molecule has 0 aliphatic carbocycles. The van der Waals surface area contributed by atoms with Gasteiger partial charge in [0.25, 0.3) is 0 Å². The Hall–Kier alpha value is -2.73. The standard InChI is InChI=1S/C18H17NO5/c1-2-19-17(11-3-5-13-15(7-11)23-9-21-13)18(20)12-4-6-14-16(8-12)24-10-22-14/h3-8,17,19H,2,9-10H2,1H3. The van der Waals surface area contributed by atoms with E-state index in [2.05, 4.69) is 5.32 Å². The Labute approximate surface area is 139 Å². The predicted molar refractivity (Wildman–Crippen MR) is 85.9 cm³/mol. The summed E-state index contributed by atoms with van der Waals surface area (Å²) in [4.78, 5) is 13.0. The van der Waals surface area contributed by atoms with Crippen molar-refractivity contribution in [2.24, 2.45) is 0 Å². The lowest BCUT2D eigenvalue weighted by molar-refractivity contribution is 0.0943. The fourth-order valence-electron chi connectivity index (χ4n) is 2.88. The molecular weight excluding hydrogens is 310 g/mol. The van der Waals surface area contributed by atoms with E-state index in [0.29, 0.717) is 35.1 Å². The molecule has 1 unspecified atom stereocenters. The van der Waals surface area contributed by atoms with E-state index in [1.807, 2.05) is 25.1 Å². The summed E-state index contributed by atoms with van der Waals surface area (Å²) in [6.45, 7) is 3.02. The molecule has 0 saturated heterocycles. The molecule has 24 heavy (non-hydrogen) atoms. The summed E-state index contributed by atoms with van der Waals surface area (Å²) in [6.07, 6.45) is 0. The van der Waals surface area contributed by atoms with Crippen LogP contribution in [0.1, 0.15) is 28.9 Å². The van der Waals surface area contributed by atoms with E-state index < -0.39 is 6.04 Å². The second kappa shape index (κ2) is 6.05. The van der Waals surface area contributed by atoms with Gasteiger partial charge in [-0.05, 0) is 42.4 Å². The van der Waals surface area contributed by atoms with Crippen LogP contribution in [0.25, 0.3) is 0 Å². The lowest BCUT2D eigenvalue weighted by Crippen LogP contribution is -2.28. The highest BCUT2D eigenvalue weighted by Crippen LogP contribution is 2.36. The van der Waals surface area contributed by atoms with Crippen molar-refractivity contribution in [1.82, 2.24) is 5.32 Å². The van der Waals surface area contributed by atoms with Crippen LogP contribution in [0.5, 0.6) is 23.0 Å². The van der Waals surface area contributed by atoms with E-state index in [4.69, 9.17) is 18.9 Å². The van der Waals surface area contributed by atoms with E-state index in [0.717, 1.165) is 5.56 Å². The second-order valence-electron chi connectivity index (χ2n) is 5.54. The number of carbonyl (C=O) groups excluding carboxylic acids is 1. The summed E-state index contributed by atoms with van der Waals surface area (Å²) in [6, 6.07) is 10.3. The molecule has 1 atom stereocenters. The average molecular weight is 327 g/mol. The number of fused-ring (bicyclic) bond motifs is 2. The molecular formula is C18H17NO5. The van der Waals surface area contributed by atoms with Crippen molar-refractivity contribution in [3.8, 4) is 23.0 Å². The summed E-state index contributed by atoms with van der Waals surface area (Å²) in [7, 11) is 0. The molecule has 4 rings (SSSR count). The van der Waals surface area contributed by atoms with Gasteiger partial charge in [0.05, 0.1) is 6.04 Å². The Morgan fingerprint density at radius 3 is 2.29 bits per heavy atom. The third kappa shape index (κ3) is 2.55. The van der Waals surface area contributed by atoms with Crippen LogP contribution in [0.4, 0.5) is 0 Å². The molecule has 6 heteroatoms. The van der Waals surface area contributed by atoms with E-state index in [9.17, 15) is 4.79 Å². The number of benzene rings is 2. The number of nitrogens with one attached hydrogen (secondary N) is 1. The second-order valence-corrected chi connectivity index (χ2v) is 5.54. The number of ether oxygens (including phenoxy) is 4. The molecule has 2 aromatic carbocycles. The van der Waals surface area contributed by atoms with Crippen molar-refractivity contribution in [2.45, 2.75) is 13.0 Å². The van der Waals surface area contributed by atoms with Gasteiger partial charge >= 0.3 is 0 Å². The maximum Gasteiger partial charge on any atom is 0.231 e. The SMILES string of the molecule is CCNC(C(=O)c1ccc2c(c1)OCO2)c1ccc2c(c1)OCO2. The maximum absolute atomic E-state index is 13.0. The number of ketones is 1. The zero-order valence-corrected chi connectivity index (χ0v) is 13.2. The number of Topliss-reactive ketones (excluding diaryl/α,β-unsaturated/α-hetero) is 1. The van der Waals surface area contributed by atoms with Gasteiger partial charge in [0, 0.05) is 5.56 Å². The minimum atomic E-state index is -0.468. The van der Waals surface area contributed by atoms with Gasteiger partial charge in [0.2, 0.25) is 13.6 Å². The predicted octanol–water partition coefficient (Wildman–Crippen LogP) is 2.68. The molecule has 0 aromatic heterocycles. The largest absolute Gasteiger partial charge is 0.454 e. The summed E-state index contributed by atoms with van der Waals surface area (Å²) < 4.78 is 21.4. The normalized spacial score (nSPS) is 15.4. The quantitative estimate of drug-likeness (QED) is 0.852. The lowest BCUT2D eigenvalue weighted by Gasteiger charge is -2.18. The molecule has 6 nitrogen and oxygen atoms in total. The molecule has 0 bridgehead atoms. The molecule has 1 N–H and O–H groups in total. The van der Waals surface area contributed by atoms with Crippen LogP contribution in [-0.4, -0.2) is 25.9 Å². The van der Waals surface area contributed by atoms with E-state index in [-0.39, 0.29) is 19.4 Å². The Morgan fingerprint density at radius 1 is 0.958 bits per heavy atom. The highest BCUT2D eigenvalue weighted by molar-refractivity contribution is 6.01. The Kier molecular flexibility index (Phi) is 3.74. The monoisotopic (exact) mass is 327 g/mol. The van der Waals surface area contributed by atoms with Crippen molar-refractivity contribution >= 4 is 5.78 Å². The van der Waals surface area contributed by atoms with Gasteiger partial charge in [0.15, 0.2) is 28.8 Å². The van der Waals surface area contributed by atoms with Gasteiger partial charge in [-0.1, -0.05) is 13.0 Å². The summed E-state index contributed by atoms with van der Waals surface area (Å²) in [5.74, 6) is 2.59. The molecule has 2 aromatic rings. The van der Waals surface area contributed by atoms with E-state index >= 15 is 0 Å². The summed E-state index contributed by atoms with van der Waals surface area (Å²) in [5.41, 5.74) is 1.41. The van der Waals surface area contributed by atoms with E-state index in [1.165, 1.54) is 0 Å². The van der Waals surface area contributed by atoms with Crippen molar-refractivity contribution in [1.29, 1.82) is 0 Å². The number of carbonyl (C=O) groups is 1. The first-order chi connectivity index (χ1) is 11.8.